The molecule has 1 fully saturated rings. The summed E-state index contributed by atoms with van der Waals surface area (Å²) in [5.74, 6) is -1.69. The molecule has 0 bridgehead atoms. The zero-order valence-electron chi connectivity index (χ0n) is 27.9. The Labute approximate surface area is 276 Å². The lowest BCUT2D eigenvalue weighted by molar-refractivity contribution is -0.252. The van der Waals surface area contributed by atoms with Gasteiger partial charge in [-0.3, -0.25) is 4.79 Å². The first-order chi connectivity index (χ1) is 22.4. The lowest BCUT2D eigenvalue weighted by Gasteiger charge is -2.42. The van der Waals surface area contributed by atoms with Crippen LogP contribution in [-0.4, -0.2) is 104 Å². The van der Waals surface area contributed by atoms with Gasteiger partial charge < -0.3 is 49.8 Å². The summed E-state index contributed by atoms with van der Waals surface area (Å²) < 4.78 is 25.8. The van der Waals surface area contributed by atoms with Gasteiger partial charge in [-0.15, -0.1) is 0 Å². The van der Waals surface area contributed by atoms with Crippen LogP contribution < -0.4 is 16.0 Å². The minimum absolute atomic E-state index is 0.0742. The van der Waals surface area contributed by atoms with E-state index in [-0.39, 0.29) is 43.9 Å². The normalized spacial score (nSPS) is 20.3. The molecule has 268 valence electrons. The Balaban J connectivity index is 2.71. The summed E-state index contributed by atoms with van der Waals surface area (Å²) in [6.45, 7) is 11.0. The average Bonchev–Trinajstić information content (AvgIpc) is 3.02. The predicted octanol–water partition coefficient (Wildman–Crippen LogP) is 2.53. The summed E-state index contributed by atoms with van der Waals surface area (Å²) in [7, 11) is 0. The van der Waals surface area contributed by atoms with Gasteiger partial charge in [-0.2, -0.15) is 0 Å². The van der Waals surface area contributed by atoms with Crippen molar-refractivity contribution in [3.05, 3.63) is 24.3 Å². The molecule has 0 aromatic heterocycles. The summed E-state index contributed by atoms with van der Waals surface area (Å²) in [5, 5.41) is 28.9. The number of aliphatic hydroxyl groups is 2. The topological polar surface area (TPSA) is 208 Å². The van der Waals surface area contributed by atoms with Crippen LogP contribution >= 0.6 is 0 Å². The van der Waals surface area contributed by atoms with Crippen LogP contribution in [0.25, 0.3) is 0 Å². The van der Waals surface area contributed by atoms with Crippen molar-refractivity contribution in [3.8, 4) is 0 Å². The summed E-state index contributed by atoms with van der Waals surface area (Å²) in [5.41, 5.74) is 0.383. The Morgan fingerprint density at radius 1 is 0.723 bits per heavy atom. The minimum atomic E-state index is -1.66. The van der Waals surface area contributed by atoms with E-state index in [2.05, 4.69) is 36.0 Å². The smallest absolute Gasteiger partial charge is 0.409 e. The zero-order chi connectivity index (χ0) is 35.2. The fourth-order valence-corrected chi connectivity index (χ4v) is 4.37. The van der Waals surface area contributed by atoms with E-state index in [1.54, 1.807) is 0 Å². The summed E-state index contributed by atoms with van der Waals surface area (Å²) in [4.78, 5) is 60.3. The lowest BCUT2D eigenvalue weighted by Crippen LogP contribution is -2.65. The number of aliphatic hydroxyl groups excluding tert-OH is 2. The van der Waals surface area contributed by atoms with Crippen molar-refractivity contribution in [2.45, 2.75) is 116 Å². The molecule has 5 atom stereocenters. The quantitative estimate of drug-likeness (QED) is 0.0487. The van der Waals surface area contributed by atoms with E-state index in [0.29, 0.717) is 6.42 Å². The van der Waals surface area contributed by atoms with E-state index in [0.717, 1.165) is 25.7 Å². The van der Waals surface area contributed by atoms with Gasteiger partial charge in [0.1, 0.15) is 44.2 Å². The second kappa shape index (κ2) is 23.6. The Hall–Kier alpha value is -3.69. The maximum Gasteiger partial charge on any atom is 0.409 e. The molecule has 1 aliphatic heterocycles. The van der Waals surface area contributed by atoms with Crippen molar-refractivity contribution in [1.82, 2.24) is 16.0 Å². The average molecular weight is 672 g/mol. The minimum Gasteiger partial charge on any atom is -0.460 e. The molecule has 0 radical (unpaired) electrons. The second-order valence-corrected chi connectivity index (χ2v) is 11.4. The largest absolute Gasteiger partial charge is 0.460 e. The van der Waals surface area contributed by atoms with Gasteiger partial charge in [0.05, 0.1) is 13.1 Å². The molecule has 15 heteroatoms. The number of esters is 2. The SMILES string of the molecule is C=C(C)C(=O)OCCNC(=O)OCC1OC(OC(=O)NCCOC(=O)C(=C)C)C(NC(=O)CCCCCCCCCCC)C(O)C1O. The molecule has 0 spiro atoms. The van der Waals surface area contributed by atoms with Crippen LogP contribution in [-0.2, 0) is 38.1 Å². The first-order valence-corrected chi connectivity index (χ1v) is 16.2. The van der Waals surface area contributed by atoms with Crippen molar-refractivity contribution in [3.63, 3.8) is 0 Å². The van der Waals surface area contributed by atoms with E-state index < -0.39 is 67.3 Å². The molecular weight excluding hydrogens is 618 g/mol. The monoisotopic (exact) mass is 671 g/mol. The van der Waals surface area contributed by atoms with E-state index >= 15 is 0 Å². The third-order valence-electron chi connectivity index (χ3n) is 7.04. The van der Waals surface area contributed by atoms with Gasteiger partial charge in [-0.25, -0.2) is 19.2 Å². The molecule has 1 heterocycles. The molecule has 1 aliphatic rings. The van der Waals surface area contributed by atoms with E-state index in [1.165, 1.54) is 39.5 Å². The van der Waals surface area contributed by atoms with Crippen LogP contribution in [0.3, 0.4) is 0 Å². The van der Waals surface area contributed by atoms with E-state index in [1.807, 2.05) is 0 Å². The Kier molecular flexibility index (Phi) is 20.8. The molecule has 5 unspecified atom stereocenters. The molecule has 0 aliphatic carbocycles. The molecule has 0 saturated carbocycles. The molecule has 1 rings (SSSR count). The third kappa shape index (κ3) is 17.7. The highest BCUT2D eigenvalue weighted by molar-refractivity contribution is 5.87. The van der Waals surface area contributed by atoms with E-state index in [9.17, 15) is 34.2 Å². The van der Waals surface area contributed by atoms with Gasteiger partial charge in [0.15, 0.2) is 0 Å². The number of carbonyl (C=O) groups excluding carboxylic acids is 5. The molecule has 5 N–H and O–H groups in total. The number of nitrogens with one attached hydrogen (secondary N) is 3. The Bertz CT molecular complexity index is 1040. The summed E-state index contributed by atoms with van der Waals surface area (Å²) in [6, 6.07) is -1.35. The molecule has 1 saturated heterocycles. The number of alkyl carbamates (subject to hydrolysis) is 2. The van der Waals surface area contributed by atoms with Gasteiger partial charge in [-0.1, -0.05) is 71.4 Å². The van der Waals surface area contributed by atoms with Crippen molar-refractivity contribution in [2.24, 2.45) is 0 Å². The molecule has 0 aromatic carbocycles. The summed E-state index contributed by atoms with van der Waals surface area (Å²) in [6.07, 6.45) is 1.53. The fourth-order valence-electron chi connectivity index (χ4n) is 4.37. The van der Waals surface area contributed by atoms with Crippen LogP contribution in [0.15, 0.2) is 24.3 Å². The van der Waals surface area contributed by atoms with Gasteiger partial charge in [0.2, 0.25) is 12.2 Å². The highest BCUT2D eigenvalue weighted by atomic mass is 16.7. The highest BCUT2D eigenvalue weighted by Crippen LogP contribution is 2.23. The van der Waals surface area contributed by atoms with Gasteiger partial charge in [-0.05, 0) is 20.3 Å². The van der Waals surface area contributed by atoms with Gasteiger partial charge in [0, 0.05) is 17.6 Å². The van der Waals surface area contributed by atoms with Gasteiger partial charge >= 0.3 is 24.1 Å². The molecule has 47 heavy (non-hydrogen) atoms. The molecule has 3 amide bonds. The zero-order valence-corrected chi connectivity index (χ0v) is 27.9. The highest BCUT2D eigenvalue weighted by Gasteiger charge is 2.47. The Morgan fingerprint density at radius 2 is 1.23 bits per heavy atom. The van der Waals surface area contributed by atoms with Crippen LogP contribution in [0.4, 0.5) is 9.59 Å². The lowest BCUT2D eigenvalue weighted by atomic mass is 9.96. The van der Waals surface area contributed by atoms with Gasteiger partial charge in [0.25, 0.3) is 0 Å². The van der Waals surface area contributed by atoms with E-state index in [4.69, 9.17) is 23.7 Å². The molecular formula is C32H53N3O12. The first kappa shape index (κ1) is 41.3. The number of ether oxygens (including phenoxy) is 5. The van der Waals surface area contributed by atoms with Crippen molar-refractivity contribution in [2.75, 3.05) is 32.9 Å². The van der Waals surface area contributed by atoms with Crippen molar-refractivity contribution >= 4 is 30.0 Å². The van der Waals surface area contributed by atoms with Crippen LogP contribution in [0, 0.1) is 0 Å². The number of hydrogen-bond acceptors (Lipinski definition) is 12. The summed E-state index contributed by atoms with van der Waals surface area (Å²) >= 11 is 0. The van der Waals surface area contributed by atoms with Crippen LogP contribution in [0.1, 0.15) is 85.0 Å². The van der Waals surface area contributed by atoms with Crippen LogP contribution in [0.2, 0.25) is 0 Å². The van der Waals surface area contributed by atoms with Crippen molar-refractivity contribution < 1.29 is 57.9 Å². The first-order valence-electron chi connectivity index (χ1n) is 16.2. The van der Waals surface area contributed by atoms with Crippen LogP contribution in [0.5, 0.6) is 0 Å². The number of unbranched alkanes of at least 4 members (excludes halogenated alkanes) is 8. The maximum absolute atomic E-state index is 12.7. The third-order valence-corrected chi connectivity index (χ3v) is 7.04. The maximum atomic E-state index is 12.7. The number of amides is 3. The Morgan fingerprint density at radius 3 is 1.77 bits per heavy atom. The standard InChI is InChI=1S/C32H53N3O12/c1-6-7-8-9-10-11-12-13-14-15-24(36)35-25-27(38)26(37)23(20-45-31(41)33-16-18-43-28(39)21(2)3)46-30(25)47-32(42)34-17-19-44-29(40)22(4)5/h23,25-27,30,37-38H,2,4,6-20H2,1,3,5H3,(H,33,41)(H,34,42)(H,35,36). The number of hydrogen-bond donors (Lipinski definition) is 5. The molecule has 15 nitrogen and oxygen atoms in total. The van der Waals surface area contributed by atoms with Crippen molar-refractivity contribution in [1.29, 1.82) is 0 Å². The molecule has 0 aromatic rings. The number of carbonyl (C=O) groups is 5. The predicted molar refractivity (Wildman–Crippen MR) is 170 cm³/mol. The number of rotatable bonds is 22. The second-order valence-electron chi connectivity index (χ2n) is 11.4. The fraction of sp³-hybridized carbons (Fsp3) is 0.719.